The molecule has 2 saturated carbocycles. The van der Waals surface area contributed by atoms with Gasteiger partial charge in [-0.2, -0.15) is 0 Å². The van der Waals surface area contributed by atoms with E-state index in [2.05, 4.69) is 13.8 Å². The van der Waals surface area contributed by atoms with Crippen molar-refractivity contribution in [1.82, 2.24) is 0 Å². The Morgan fingerprint density at radius 2 is 1.95 bits per heavy atom. The first kappa shape index (κ1) is 15.8. The largest absolute Gasteiger partial charge is 0.393 e. The van der Waals surface area contributed by atoms with Crippen molar-refractivity contribution in [2.75, 3.05) is 13.2 Å². The lowest BCUT2D eigenvalue weighted by atomic mass is 9.61. The lowest BCUT2D eigenvalue weighted by Crippen LogP contribution is -2.41. The fourth-order valence-electron chi connectivity index (χ4n) is 5.51. The molecule has 0 aromatic carbocycles. The molecular formula is C18H32O3. The Hall–Kier alpha value is -0.120. The highest BCUT2D eigenvalue weighted by Gasteiger charge is 2.51. The zero-order valence-corrected chi connectivity index (χ0v) is 13.7. The van der Waals surface area contributed by atoms with Gasteiger partial charge >= 0.3 is 0 Å². The third-order valence-corrected chi connectivity index (χ3v) is 6.64. The molecule has 0 amide bonds. The normalized spacial score (nSPS) is 42.1. The van der Waals surface area contributed by atoms with Crippen LogP contribution in [0.5, 0.6) is 0 Å². The average molecular weight is 296 g/mol. The second-order valence-corrected chi connectivity index (χ2v) is 7.84. The predicted octanol–water partition coefficient (Wildman–Crippen LogP) is 3.74. The highest BCUT2D eigenvalue weighted by molar-refractivity contribution is 5.01. The third-order valence-electron chi connectivity index (χ3n) is 6.64. The standard InChI is InChI=1S/C18H32O3/c1-13(5-3-7-17-20-11-12-21-17)14-8-9-15-16(19)6-4-10-18(14,15)2/h13-17,19H,3-12H2,1-2H3/t13-,14-,15+,16+,18-/m1/s1. The van der Waals surface area contributed by atoms with Crippen molar-refractivity contribution in [3.8, 4) is 0 Å². The highest BCUT2D eigenvalue weighted by atomic mass is 16.7. The Morgan fingerprint density at radius 3 is 2.71 bits per heavy atom. The summed E-state index contributed by atoms with van der Waals surface area (Å²) in [6.07, 6.45) is 9.63. The molecule has 1 aliphatic heterocycles. The average Bonchev–Trinajstić information content (AvgIpc) is 3.06. The first-order valence-electron chi connectivity index (χ1n) is 9.02. The van der Waals surface area contributed by atoms with E-state index in [4.69, 9.17) is 9.47 Å². The van der Waals surface area contributed by atoms with Crippen LogP contribution < -0.4 is 0 Å². The lowest BCUT2D eigenvalue weighted by Gasteiger charge is -2.45. The van der Waals surface area contributed by atoms with Gasteiger partial charge in [0.2, 0.25) is 0 Å². The molecule has 0 spiro atoms. The van der Waals surface area contributed by atoms with E-state index < -0.39 is 0 Å². The van der Waals surface area contributed by atoms with Crippen LogP contribution in [-0.4, -0.2) is 30.7 Å². The van der Waals surface area contributed by atoms with E-state index in [0.717, 1.165) is 37.9 Å². The molecule has 5 atom stereocenters. The molecular weight excluding hydrogens is 264 g/mol. The van der Waals surface area contributed by atoms with Crippen molar-refractivity contribution in [1.29, 1.82) is 0 Å². The maximum atomic E-state index is 10.3. The van der Waals surface area contributed by atoms with Crippen molar-refractivity contribution in [2.45, 2.75) is 77.6 Å². The number of aliphatic hydroxyl groups is 1. The minimum absolute atomic E-state index is 0.0405. The van der Waals surface area contributed by atoms with Gasteiger partial charge in [-0.15, -0.1) is 0 Å². The summed E-state index contributed by atoms with van der Waals surface area (Å²) in [6.45, 7) is 6.41. The molecule has 3 rings (SSSR count). The summed E-state index contributed by atoms with van der Waals surface area (Å²) in [4.78, 5) is 0. The summed E-state index contributed by atoms with van der Waals surface area (Å²) >= 11 is 0. The fourth-order valence-corrected chi connectivity index (χ4v) is 5.51. The number of ether oxygens (including phenoxy) is 2. The lowest BCUT2D eigenvalue weighted by molar-refractivity contribution is -0.0505. The quantitative estimate of drug-likeness (QED) is 0.840. The maximum absolute atomic E-state index is 10.3. The Balaban J connectivity index is 1.51. The Morgan fingerprint density at radius 1 is 1.19 bits per heavy atom. The summed E-state index contributed by atoms with van der Waals surface area (Å²) < 4.78 is 11.0. The predicted molar refractivity (Wildman–Crippen MR) is 82.9 cm³/mol. The number of fused-ring (bicyclic) bond motifs is 1. The molecule has 1 saturated heterocycles. The smallest absolute Gasteiger partial charge is 0.157 e. The van der Waals surface area contributed by atoms with Crippen LogP contribution in [0.25, 0.3) is 0 Å². The van der Waals surface area contributed by atoms with E-state index >= 15 is 0 Å². The second-order valence-electron chi connectivity index (χ2n) is 7.84. The van der Waals surface area contributed by atoms with Crippen LogP contribution in [0.3, 0.4) is 0 Å². The topological polar surface area (TPSA) is 38.7 Å². The third kappa shape index (κ3) is 3.16. The number of hydrogen-bond donors (Lipinski definition) is 1. The van der Waals surface area contributed by atoms with Crippen molar-refractivity contribution in [3.63, 3.8) is 0 Å². The zero-order valence-electron chi connectivity index (χ0n) is 13.7. The maximum Gasteiger partial charge on any atom is 0.157 e. The molecule has 0 unspecified atom stereocenters. The number of rotatable bonds is 5. The van der Waals surface area contributed by atoms with Crippen molar-refractivity contribution < 1.29 is 14.6 Å². The van der Waals surface area contributed by atoms with E-state index in [0.29, 0.717) is 11.3 Å². The molecule has 3 heteroatoms. The van der Waals surface area contributed by atoms with E-state index in [1.165, 1.54) is 38.5 Å². The summed E-state index contributed by atoms with van der Waals surface area (Å²) in [5.41, 5.74) is 0.386. The summed E-state index contributed by atoms with van der Waals surface area (Å²) in [5.74, 6) is 2.11. The Labute approximate surface area is 129 Å². The molecule has 1 N–H and O–H groups in total. The molecule has 3 fully saturated rings. The zero-order chi connectivity index (χ0) is 14.9. The van der Waals surface area contributed by atoms with Crippen LogP contribution in [0.2, 0.25) is 0 Å². The number of aliphatic hydroxyl groups excluding tert-OH is 1. The van der Waals surface area contributed by atoms with Crippen LogP contribution in [0, 0.1) is 23.2 Å². The first-order valence-corrected chi connectivity index (χ1v) is 9.02. The van der Waals surface area contributed by atoms with E-state index in [1.54, 1.807) is 0 Å². The minimum Gasteiger partial charge on any atom is -0.393 e. The van der Waals surface area contributed by atoms with Gasteiger partial charge in [-0.05, 0) is 61.7 Å². The van der Waals surface area contributed by atoms with E-state index in [1.807, 2.05) is 0 Å². The SMILES string of the molecule is C[C@H](CCCC1OCCO1)[C@H]1CC[C@H]2[C@@H](O)CCC[C@]12C. The second kappa shape index (κ2) is 6.55. The molecule has 1 heterocycles. The molecule has 2 aliphatic carbocycles. The first-order chi connectivity index (χ1) is 10.1. The minimum atomic E-state index is -0.0405. The van der Waals surface area contributed by atoms with Gasteiger partial charge in [-0.3, -0.25) is 0 Å². The van der Waals surface area contributed by atoms with E-state index in [-0.39, 0.29) is 12.4 Å². The molecule has 0 bridgehead atoms. The van der Waals surface area contributed by atoms with Crippen molar-refractivity contribution in [3.05, 3.63) is 0 Å². The van der Waals surface area contributed by atoms with E-state index in [9.17, 15) is 5.11 Å². The van der Waals surface area contributed by atoms with Crippen molar-refractivity contribution in [2.24, 2.45) is 23.2 Å². The molecule has 3 nitrogen and oxygen atoms in total. The molecule has 0 aromatic rings. The fraction of sp³-hybridized carbons (Fsp3) is 1.00. The molecule has 3 aliphatic rings. The summed E-state index contributed by atoms with van der Waals surface area (Å²) in [6, 6.07) is 0. The molecule has 21 heavy (non-hydrogen) atoms. The van der Waals surface area contributed by atoms with Crippen LogP contribution >= 0.6 is 0 Å². The van der Waals surface area contributed by atoms with Crippen LogP contribution in [-0.2, 0) is 9.47 Å². The van der Waals surface area contributed by atoms with Gasteiger partial charge in [-0.25, -0.2) is 0 Å². The molecule has 0 radical (unpaired) electrons. The van der Waals surface area contributed by atoms with Gasteiger partial charge in [0.05, 0.1) is 19.3 Å². The van der Waals surface area contributed by atoms with Crippen LogP contribution in [0.15, 0.2) is 0 Å². The monoisotopic (exact) mass is 296 g/mol. The van der Waals surface area contributed by atoms with Gasteiger partial charge in [0.1, 0.15) is 0 Å². The van der Waals surface area contributed by atoms with Crippen LogP contribution in [0.1, 0.15) is 65.2 Å². The van der Waals surface area contributed by atoms with Crippen LogP contribution in [0.4, 0.5) is 0 Å². The van der Waals surface area contributed by atoms with Gasteiger partial charge in [-0.1, -0.05) is 26.7 Å². The van der Waals surface area contributed by atoms with Gasteiger partial charge in [0.15, 0.2) is 6.29 Å². The Bertz CT molecular complexity index is 339. The number of hydrogen-bond acceptors (Lipinski definition) is 3. The Kier molecular flexibility index (Phi) is 4.92. The summed E-state index contributed by atoms with van der Waals surface area (Å²) in [5, 5.41) is 10.3. The molecule has 122 valence electrons. The van der Waals surface area contributed by atoms with Gasteiger partial charge < -0.3 is 14.6 Å². The van der Waals surface area contributed by atoms with Gasteiger partial charge in [0.25, 0.3) is 0 Å². The summed E-state index contributed by atoms with van der Waals surface area (Å²) in [7, 11) is 0. The van der Waals surface area contributed by atoms with Gasteiger partial charge in [0, 0.05) is 0 Å². The highest BCUT2D eigenvalue weighted by Crippen LogP contribution is 2.58. The molecule has 0 aromatic heterocycles. The van der Waals surface area contributed by atoms with Crippen molar-refractivity contribution >= 4 is 0 Å².